The second-order valence-electron chi connectivity index (χ2n) is 6.25. The largest absolute Gasteiger partial charge is 0.495 e. The fourth-order valence-electron chi connectivity index (χ4n) is 2.63. The Labute approximate surface area is 174 Å². The van der Waals surface area contributed by atoms with Gasteiger partial charge in [-0.3, -0.25) is 9.52 Å². The van der Waals surface area contributed by atoms with Gasteiger partial charge in [0.25, 0.3) is 15.9 Å². The molecule has 0 fully saturated rings. The highest BCUT2D eigenvalue weighted by Gasteiger charge is 2.15. The molecule has 29 heavy (non-hydrogen) atoms. The molecule has 3 aromatic rings. The number of benzene rings is 3. The molecule has 0 radical (unpaired) electrons. The summed E-state index contributed by atoms with van der Waals surface area (Å²) < 4.78 is 32.5. The molecule has 0 atom stereocenters. The van der Waals surface area contributed by atoms with Gasteiger partial charge in [0, 0.05) is 22.3 Å². The lowest BCUT2D eigenvalue weighted by atomic mass is 10.1. The summed E-state index contributed by atoms with van der Waals surface area (Å²) in [7, 11) is -2.20. The number of carbonyl (C=O) groups excluding carboxylic acids is 1. The number of amides is 1. The predicted octanol–water partition coefficient (Wildman–Crippen LogP) is 4.71. The summed E-state index contributed by atoms with van der Waals surface area (Å²) in [4.78, 5) is 12.7. The number of hydrogen-bond acceptors (Lipinski definition) is 4. The third kappa shape index (κ3) is 4.88. The van der Waals surface area contributed by atoms with E-state index < -0.39 is 10.0 Å². The normalized spacial score (nSPS) is 11.0. The summed E-state index contributed by atoms with van der Waals surface area (Å²) in [5.41, 5.74) is 2.01. The van der Waals surface area contributed by atoms with Crippen LogP contribution in [0.3, 0.4) is 0 Å². The van der Waals surface area contributed by atoms with Crippen LogP contribution in [0.5, 0.6) is 5.75 Å². The minimum absolute atomic E-state index is 0.159. The molecule has 0 saturated carbocycles. The maximum Gasteiger partial charge on any atom is 0.261 e. The lowest BCUT2D eigenvalue weighted by Gasteiger charge is -2.13. The molecule has 0 unspecified atom stereocenters. The Morgan fingerprint density at radius 2 is 1.66 bits per heavy atom. The van der Waals surface area contributed by atoms with Crippen LogP contribution in [0.2, 0.25) is 5.02 Å². The molecule has 0 spiro atoms. The number of halogens is 1. The summed E-state index contributed by atoms with van der Waals surface area (Å²) in [5, 5.41) is 3.32. The van der Waals surface area contributed by atoms with Crippen LogP contribution in [0, 0.1) is 6.92 Å². The molecule has 3 aromatic carbocycles. The number of aryl methyl sites for hydroxylation is 1. The Morgan fingerprint density at radius 3 is 2.28 bits per heavy atom. The molecule has 2 N–H and O–H groups in total. The van der Waals surface area contributed by atoms with Crippen molar-refractivity contribution >= 4 is 38.9 Å². The van der Waals surface area contributed by atoms with Crippen molar-refractivity contribution in [3.63, 3.8) is 0 Å². The van der Waals surface area contributed by atoms with Crippen molar-refractivity contribution in [3.05, 3.63) is 82.9 Å². The fraction of sp³-hybridized carbons (Fsp3) is 0.0952. The standard InChI is InChI=1S/C21H19ClN2O4S/c1-14-12-19(20(28-2)13-18(14)22)23-21(25)15-8-10-16(11-9-15)24-29(26,27)17-6-4-3-5-7-17/h3-13,24H,1-2H3,(H,23,25). The van der Waals surface area contributed by atoms with E-state index in [1.807, 2.05) is 6.92 Å². The maximum absolute atomic E-state index is 12.6. The van der Waals surface area contributed by atoms with Crippen molar-refractivity contribution in [3.8, 4) is 5.75 Å². The van der Waals surface area contributed by atoms with Gasteiger partial charge in [-0.25, -0.2) is 8.42 Å². The van der Waals surface area contributed by atoms with Crippen molar-refractivity contribution in [2.75, 3.05) is 17.1 Å². The molecular formula is C21H19ClN2O4S. The number of rotatable bonds is 6. The first-order valence-electron chi connectivity index (χ1n) is 8.63. The Bertz CT molecular complexity index is 1130. The number of sulfonamides is 1. The molecule has 8 heteroatoms. The fourth-order valence-corrected chi connectivity index (χ4v) is 3.86. The van der Waals surface area contributed by atoms with Crippen LogP contribution >= 0.6 is 11.6 Å². The molecule has 6 nitrogen and oxygen atoms in total. The minimum atomic E-state index is -3.69. The van der Waals surface area contributed by atoms with Crippen LogP contribution in [0.1, 0.15) is 15.9 Å². The van der Waals surface area contributed by atoms with E-state index in [1.54, 1.807) is 30.3 Å². The zero-order valence-electron chi connectivity index (χ0n) is 15.8. The SMILES string of the molecule is COc1cc(Cl)c(C)cc1NC(=O)c1ccc(NS(=O)(=O)c2ccccc2)cc1. The van der Waals surface area contributed by atoms with Gasteiger partial charge in [-0.15, -0.1) is 0 Å². The Morgan fingerprint density at radius 1 is 1.00 bits per heavy atom. The number of anilines is 2. The quantitative estimate of drug-likeness (QED) is 0.593. The van der Waals surface area contributed by atoms with Crippen molar-refractivity contribution in [2.45, 2.75) is 11.8 Å². The second kappa shape index (κ2) is 8.55. The number of nitrogens with one attached hydrogen (secondary N) is 2. The van der Waals surface area contributed by atoms with Crippen molar-refractivity contribution < 1.29 is 17.9 Å². The molecule has 0 aliphatic carbocycles. The number of methoxy groups -OCH3 is 1. The predicted molar refractivity (Wildman–Crippen MR) is 114 cm³/mol. The second-order valence-corrected chi connectivity index (χ2v) is 8.34. The lowest BCUT2D eigenvalue weighted by Crippen LogP contribution is -2.14. The van der Waals surface area contributed by atoms with Gasteiger partial charge in [0.15, 0.2) is 0 Å². The van der Waals surface area contributed by atoms with Crippen molar-refractivity contribution in [1.82, 2.24) is 0 Å². The van der Waals surface area contributed by atoms with Crippen molar-refractivity contribution in [2.24, 2.45) is 0 Å². The Hall–Kier alpha value is -3.03. The van der Waals surface area contributed by atoms with E-state index in [0.29, 0.717) is 27.7 Å². The van der Waals surface area contributed by atoms with Crippen LogP contribution in [0.15, 0.2) is 71.6 Å². The highest BCUT2D eigenvalue weighted by molar-refractivity contribution is 7.92. The van der Waals surface area contributed by atoms with E-state index in [2.05, 4.69) is 10.0 Å². The van der Waals surface area contributed by atoms with Crippen LogP contribution < -0.4 is 14.8 Å². The van der Waals surface area contributed by atoms with Gasteiger partial charge < -0.3 is 10.1 Å². The summed E-state index contributed by atoms with van der Waals surface area (Å²) in [5.74, 6) is 0.0867. The third-order valence-corrected chi connectivity index (χ3v) is 5.99. The first-order valence-corrected chi connectivity index (χ1v) is 10.5. The molecule has 0 aromatic heterocycles. The van der Waals surface area contributed by atoms with Gasteiger partial charge >= 0.3 is 0 Å². The molecule has 150 valence electrons. The number of hydrogen-bond donors (Lipinski definition) is 2. The number of ether oxygens (including phenoxy) is 1. The smallest absolute Gasteiger partial charge is 0.261 e. The Balaban J connectivity index is 1.75. The summed E-state index contributed by atoms with van der Waals surface area (Å²) in [6.45, 7) is 1.82. The van der Waals surface area contributed by atoms with Gasteiger partial charge in [0.1, 0.15) is 5.75 Å². The maximum atomic E-state index is 12.6. The van der Waals surface area contributed by atoms with Gasteiger partial charge in [-0.05, 0) is 55.0 Å². The number of carbonyl (C=O) groups is 1. The molecule has 0 heterocycles. The van der Waals surface area contributed by atoms with E-state index in [-0.39, 0.29) is 10.8 Å². The average molecular weight is 431 g/mol. The lowest BCUT2D eigenvalue weighted by molar-refractivity contribution is 0.102. The van der Waals surface area contributed by atoms with Crippen LogP contribution in [-0.2, 0) is 10.0 Å². The van der Waals surface area contributed by atoms with Gasteiger partial charge in [0.2, 0.25) is 0 Å². The van der Waals surface area contributed by atoms with E-state index in [1.165, 1.54) is 43.5 Å². The van der Waals surface area contributed by atoms with E-state index >= 15 is 0 Å². The molecule has 0 bridgehead atoms. The van der Waals surface area contributed by atoms with Gasteiger partial charge in [-0.2, -0.15) is 0 Å². The van der Waals surface area contributed by atoms with Crippen LogP contribution in [0.4, 0.5) is 11.4 Å². The zero-order valence-corrected chi connectivity index (χ0v) is 17.3. The van der Waals surface area contributed by atoms with E-state index in [0.717, 1.165) is 5.56 Å². The van der Waals surface area contributed by atoms with Crippen LogP contribution in [-0.4, -0.2) is 21.4 Å². The van der Waals surface area contributed by atoms with Crippen LogP contribution in [0.25, 0.3) is 0 Å². The summed E-state index contributed by atoms with van der Waals surface area (Å²) in [6.07, 6.45) is 0. The summed E-state index contributed by atoms with van der Waals surface area (Å²) >= 11 is 6.08. The first kappa shape index (κ1) is 20.7. The molecule has 3 rings (SSSR count). The molecule has 1 amide bonds. The van der Waals surface area contributed by atoms with E-state index in [9.17, 15) is 13.2 Å². The van der Waals surface area contributed by atoms with E-state index in [4.69, 9.17) is 16.3 Å². The van der Waals surface area contributed by atoms with Gasteiger partial charge in [0.05, 0.1) is 17.7 Å². The highest BCUT2D eigenvalue weighted by Crippen LogP contribution is 2.31. The molecule has 0 saturated heterocycles. The monoisotopic (exact) mass is 430 g/mol. The summed E-state index contributed by atoms with van der Waals surface area (Å²) in [6, 6.07) is 17.5. The third-order valence-electron chi connectivity index (χ3n) is 4.18. The minimum Gasteiger partial charge on any atom is -0.495 e. The average Bonchev–Trinajstić information content (AvgIpc) is 2.71. The highest BCUT2D eigenvalue weighted by atomic mass is 35.5. The topological polar surface area (TPSA) is 84.5 Å². The molecule has 0 aliphatic rings. The zero-order chi connectivity index (χ0) is 21.0. The van der Waals surface area contributed by atoms with Crippen molar-refractivity contribution in [1.29, 1.82) is 0 Å². The molecular weight excluding hydrogens is 412 g/mol. The first-order chi connectivity index (χ1) is 13.8. The Kier molecular flexibility index (Phi) is 6.10. The van der Waals surface area contributed by atoms with Gasteiger partial charge in [-0.1, -0.05) is 29.8 Å². The molecule has 0 aliphatic heterocycles.